The van der Waals surface area contributed by atoms with Gasteiger partial charge in [0.15, 0.2) is 0 Å². The van der Waals surface area contributed by atoms with Crippen molar-refractivity contribution in [3.8, 4) is 0 Å². The number of amides is 1. The van der Waals surface area contributed by atoms with E-state index in [0.29, 0.717) is 4.47 Å². The summed E-state index contributed by atoms with van der Waals surface area (Å²) in [6, 6.07) is 3.12. The molecule has 0 fully saturated rings. The monoisotopic (exact) mass is 316 g/mol. The summed E-state index contributed by atoms with van der Waals surface area (Å²) >= 11 is 3.10. The van der Waals surface area contributed by atoms with Gasteiger partial charge in [-0.25, -0.2) is 4.79 Å². The average Bonchev–Trinajstić information content (AvgIpc) is 2.30. The molecule has 2 N–H and O–H groups in total. The average molecular weight is 317 g/mol. The third-order valence-corrected chi connectivity index (χ3v) is 2.73. The Hall–Kier alpha value is -1.96. The van der Waals surface area contributed by atoms with Crippen LogP contribution in [0.1, 0.15) is 5.56 Å². The predicted octanol–water partition coefficient (Wildman–Crippen LogP) is 1.10. The van der Waals surface area contributed by atoms with E-state index < -0.39 is 16.9 Å². The second-order valence-electron chi connectivity index (χ2n) is 3.41. The number of aliphatic carboxylic acids is 1. The minimum absolute atomic E-state index is 0.155. The molecule has 0 saturated heterocycles. The van der Waals surface area contributed by atoms with Gasteiger partial charge in [0.2, 0.25) is 6.41 Å². The highest BCUT2D eigenvalue weighted by atomic mass is 79.9. The van der Waals surface area contributed by atoms with Crippen molar-refractivity contribution < 1.29 is 19.6 Å². The van der Waals surface area contributed by atoms with Crippen LogP contribution in [0.5, 0.6) is 0 Å². The largest absolute Gasteiger partial charge is 0.480 e. The molecule has 0 aliphatic heterocycles. The van der Waals surface area contributed by atoms with Crippen LogP contribution in [0.3, 0.4) is 0 Å². The van der Waals surface area contributed by atoms with Crippen molar-refractivity contribution in [3.05, 3.63) is 38.3 Å². The van der Waals surface area contributed by atoms with Crippen LogP contribution in [0.15, 0.2) is 22.7 Å². The Bertz CT molecular complexity index is 491. The fourth-order valence-corrected chi connectivity index (χ4v) is 1.75. The lowest BCUT2D eigenvalue weighted by Crippen LogP contribution is -2.37. The van der Waals surface area contributed by atoms with Gasteiger partial charge in [-0.15, -0.1) is 0 Å². The molecule has 1 aromatic carbocycles. The summed E-state index contributed by atoms with van der Waals surface area (Å²) in [5.74, 6) is -1.25. The summed E-state index contributed by atoms with van der Waals surface area (Å²) in [6.45, 7) is 0. The smallest absolute Gasteiger partial charge is 0.326 e. The molecule has 7 nitrogen and oxygen atoms in total. The van der Waals surface area contributed by atoms with Crippen LogP contribution in [0.2, 0.25) is 0 Å². The zero-order valence-electron chi connectivity index (χ0n) is 9.00. The number of hydrogen-bond donors (Lipinski definition) is 2. The molecule has 96 valence electrons. The second kappa shape index (κ2) is 6.10. The van der Waals surface area contributed by atoms with E-state index in [1.807, 2.05) is 0 Å². The molecule has 1 unspecified atom stereocenters. The first-order valence-electron chi connectivity index (χ1n) is 4.81. The van der Waals surface area contributed by atoms with Gasteiger partial charge < -0.3 is 10.4 Å². The molecule has 8 heteroatoms. The fraction of sp³-hybridized carbons (Fsp3) is 0.200. The number of halogens is 1. The van der Waals surface area contributed by atoms with Gasteiger partial charge in [-0.1, -0.05) is 22.0 Å². The second-order valence-corrected chi connectivity index (χ2v) is 4.33. The Kier molecular flexibility index (Phi) is 4.78. The minimum atomic E-state index is -1.25. The highest BCUT2D eigenvalue weighted by Crippen LogP contribution is 2.24. The summed E-state index contributed by atoms with van der Waals surface area (Å²) < 4.78 is 0.521. The van der Waals surface area contributed by atoms with Crippen LogP contribution in [0, 0.1) is 10.1 Å². The van der Waals surface area contributed by atoms with E-state index in [2.05, 4.69) is 21.2 Å². The van der Waals surface area contributed by atoms with Crippen molar-refractivity contribution in [2.45, 2.75) is 12.5 Å². The van der Waals surface area contributed by atoms with Gasteiger partial charge >= 0.3 is 5.97 Å². The molecule has 0 aliphatic carbocycles. The SMILES string of the molecule is O=CNC(Cc1ccc(Br)cc1[N+](=O)[O-])C(=O)O. The molecule has 0 aliphatic rings. The maximum absolute atomic E-state index is 10.8. The maximum Gasteiger partial charge on any atom is 0.326 e. The zero-order valence-corrected chi connectivity index (χ0v) is 10.6. The number of nitro groups is 1. The minimum Gasteiger partial charge on any atom is -0.480 e. The molecular formula is C10H9BrN2O5. The number of carboxylic acid groups (broad SMARTS) is 1. The molecule has 1 rings (SSSR count). The zero-order chi connectivity index (χ0) is 13.7. The number of benzene rings is 1. The van der Waals surface area contributed by atoms with Crippen molar-refractivity contribution in [1.82, 2.24) is 5.32 Å². The Morgan fingerprint density at radius 3 is 2.78 bits per heavy atom. The van der Waals surface area contributed by atoms with E-state index >= 15 is 0 Å². The first kappa shape index (κ1) is 14.1. The van der Waals surface area contributed by atoms with Gasteiger partial charge in [0.25, 0.3) is 5.69 Å². The molecule has 0 bridgehead atoms. The summed E-state index contributed by atoms with van der Waals surface area (Å²) in [7, 11) is 0. The molecule has 0 saturated carbocycles. The Morgan fingerprint density at radius 2 is 2.28 bits per heavy atom. The number of nitrogens with one attached hydrogen (secondary N) is 1. The van der Waals surface area contributed by atoms with Crippen molar-refractivity contribution in [1.29, 1.82) is 0 Å². The third kappa shape index (κ3) is 3.52. The van der Waals surface area contributed by atoms with Gasteiger partial charge in [-0.2, -0.15) is 0 Å². The Balaban J connectivity index is 3.05. The normalized spacial score (nSPS) is 11.6. The lowest BCUT2D eigenvalue weighted by atomic mass is 10.0. The van der Waals surface area contributed by atoms with Crippen LogP contribution in [-0.2, 0) is 16.0 Å². The maximum atomic E-state index is 10.8. The van der Waals surface area contributed by atoms with Gasteiger partial charge in [0, 0.05) is 22.5 Å². The summed E-state index contributed by atoms with van der Waals surface area (Å²) in [4.78, 5) is 31.3. The van der Waals surface area contributed by atoms with Crippen LogP contribution < -0.4 is 5.32 Å². The van der Waals surface area contributed by atoms with Gasteiger partial charge in [0.05, 0.1) is 4.92 Å². The van der Waals surface area contributed by atoms with Gasteiger partial charge in [0.1, 0.15) is 6.04 Å². The fourth-order valence-electron chi connectivity index (χ4n) is 1.40. The number of nitrogens with zero attached hydrogens (tertiary/aromatic N) is 1. The number of nitro benzene ring substituents is 1. The number of rotatable bonds is 6. The number of carbonyl (C=O) groups is 2. The quantitative estimate of drug-likeness (QED) is 0.464. The Labute approximate surface area is 110 Å². The van der Waals surface area contributed by atoms with Gasteiger partial charge in [-0.3, -0.25) is 14.9 Å². The topological polar surface area (TPSA) is 110 Å². The molecule has 0 heterocycles. The van der Waals surface area contributed by atoms with Crippen LogP contribution in [0.25, 0.3) is 0 Å². The van der Waals surface area contributed by atoms with Crippen LogP contribution in [-0.4, -0.2) is 28.5 Å². The lowest BCUT2D eigenvalue weighted by molar-refractivity contribution is -0.385. The summed E-state index contributed by atoms with van der Waals surface area (Å²) in [5.41, 5.74) is 0.0493. The molecule has 1 atom stereocenters. The number of hydrogen-bond acceptors (Lipinski definition) is 4. The standard InChI is InChI=1S/C10H9BrN2O5/c11-7-2-1-6(9(4-7)13(17)18)3-8(10(15)16)12-5-14/h1-2,4-5,8H,3H2,(H,12,14)(H,15,16). The number of carboxylic acids is 1. The van der Waals surface area contributed by atoms with E-state index in [4.69, 9.17) is 5.11 Å². The molecule has 0 aromatic heterocycles. The molecule has 0 radical (unpaired) electrons. The molecule has 1 amide bonds. The molecule has 1 aromatic rings. The van der Waals surface area contributed by atoms with E-state index in [1.165, 1.54) is 12.1 Å². The lowest BCUT2D eigenvalue weighted by Gasteiger charge is -2.11. The van der Waals surface area contributed by atoms with Crippen LogP contribution >= 0.6 is 15.9 Å². The summed E-state index contributed by atoms with van der Waals surface area (Å²) in [5, 5.41) is 21.8. The molecule has 0 spiro atoms. The highest BCUT2D eigenvalue weighted by Gasteiger charge is 2.22. The Morgan fingerprint density at radius 1 is 1.61 bits per heavy atom. The first-order chi connectivity index (χ1) is 8.45. The van der Waals surface area contributed by atoms with E-state index in [-0.39, 0.29) is 24.1 Å². The van der Waals surface area contributed by atoms with Crippen molar-refractivity contribution in [2.75, 3.05) is 0 Å². The summed E-state index contributed by atoms with van der Waals surface area (Å²) in [6.07, 6.45) is 0.0984. The van der Waals surface area contributed by atoms with E-state index in [1.54, 1.807) is 6.07 Å². The predicted molar refractivity (Wildman–Crippen MR) is 65.1 cm³/mol. The highest BCUT2D eigenvalue weighted by molar-refractivity contribution is 9.10. The van der Waals surface area contributed by atoms with Gasteiger partial charge in [-0.05, 0) is 6.07 Å². The van der Waals surface area contributed by atoms with Crippen molar-refractivity contribution >= 4 is 34.0 Å². The first-order valence-corrected chi connectivity index (χ1v) is 5.60. The molecule has 18 heavy (non-hydrogen) atoms. The molecular weight excluding hydrogens is 308 g/mol. The van der Waals surface area contributed by atoms with E-state index in [0.717, 1.165) is 0 Å². The van der Waals surface area contributed by atoms with Crippen molar-refractivity contribution in [3.63, 3.8) is 0 Å². The van der Waals surface area contributed by atoms with E-state index in [9.17, 15) is 19.7 Å². The number of carbonyl (C=O) groups excluding carboxylic acids is 1. The van der Waals surface area contributed by atoms with Crippen molar-refractivity contribution in [2.24, 2.45) is 0 Å². The van der Waals surface area contributed by atoms with Crippen LogP contribution in [0.4, 0.5) is 5.69 Å². The third-order valence-electron chi connectivity index (χ3n) is 2.24.